The molecule has 29 heavy (non-hydrogen) atoms. The van der Waals surface area contributed by atoms with E-state index < -0.39 is 0 Å². The third-order valence-electron chi connectivity index (χ3n) is 5.00. The molecule has 1 aliphatic rings. The van der Waals surface area contributed by atoms with E-state index in [4.69, 9.17) is 4.52 Å². The Hall–Kier alpha value is -3.55. The summed E-state index contributed by atoms with van der Waals surface area (Å²) in [5.74, 6) is 2.17. The number of carbonyl (C=O) groups is 1. The lowest BCUT2D eigenvalue weighted by Crippen LogP contribution is -2.25. The summed E-state index contributed by atoms with van der Waals surface area (Å²) in [7, 11) is 0. The Bertz CT molecular complexity index is 1190. The van der Waals surface area contributed by atoms with Gasteiger partial charge in [-0.2, -0.15) is 4.98 Å². The van der Waals surface area contributed by atoms with Gasteiger partial charge in [0.1, 0.15) is 5.82 Å². The van der Waals surface area contributed by atoms with Gasteiger partial charge in [-0.15, -0.1) is 10.2 Å². The minimum Gasteiger partial charge on any atom is -0.352 e. The van der Waals surface area contributed by atoms with Gasteiger partial charge in [0.2, 0.25) is 5.91 Å². The first-order chi connectivity index (χ1) is 14.2. The lowest BCUT2D eigenvalue weighted by atomic mass is 10.1. The number of aryl methyl sites for hydroxylation is 1. The van der Waals surface area contributed by atoms with E-state index in [1.807, 2.05) is 43.5 Å². The second-order valence-corrected chi connectivity index (χ2v) is 7.43. The lowest BCUT2D eigenvalue weighted by Gasteiger charge is -2.06. The van der Waals surface area contributed by atoms with Crippen LogP contribution in [0.3, 0.4) is 0 Å². The first-order valence-electron chi connectivity index (χ1n) is 9.65. The van der Waals surface area contributed by atoms with E-state index in [2.05, 4.69) is 31.7 Å². The van der Waals surface area contributed by atoms with Gasteiger partial charge in [-0.1, -0.05) is 35.0 Å². The Kier molecular flexibility index (Phi) is 4.31. The van der Waals surface area contributed by atoms with Gasteiger partial charge in [0.15, 0.2) is 11.5 Å². The first kappa shape index (κ1) is 17.5. The molecule has 8 heteroatoms. The molecular weight excluding hydrogens is 368 g/mol. The smallest absolute Gasteiger partial charge is 0.258 e. The predicted molar refractivity (Wildman–Crippen MR) is 105 cm³/mol. The number of rotatable bonds is 6. The van der Waals surface area contributed by atoms with E-state index in [0.717, 1.165) is 29.8 Å². The van der Waals surface area contributed by atoms with E-state index in [0.29, 0.717) is 29.8 Å². The molecule has 0 unspecified atom stereocenters. The second-order valence-electron chi connectivity index (χ2n) is 7.43. The molecule has 1 amide bonds. The molecule has 0 saturated heterocycles. The van der Waals surface area contributed by atoms with Crippen molar-refractivity contribution in [1.82, 2.24) is 30.1 Å². The molecule has 3 heterocycles. The van der Waals surface area contributed by atoms with E-state index >= 15 is 0 Å². The molecule has 0 radical (unpaired) electrons. The highest BCUT2D eigenvalue weighted by Crippen LogP contribution is 2.38. The fourth-order valence-corrected chi connectivity index (χ4v) is 3.28. The number of amides is 1. The zero-order valence-electron chi connectivity index (χ0n) is 16.0. The number of hydrogen-bond acceptors (Lipinski definition) is 6. The van der Waals surface area contributed by atoms with Gasteiger partial charge >= 0.3 is 0 Å². The topological polar surface area (TPSA) is 98.2 Å². The van der Waals surface area contributed by atoms with E-state index in [9.17, 15) is 4.79 Å². The Morgan fingerprint density at radius 1 is 1.24 bits per heavy atom. The second kappa shape index (κ2) is 7.12. The fraction of sp³-hybridized carbons (Fsp3) is 0.286. The fourth-order valence-electron chi connectivity index (χ4n) is 3.28. The molecule has 1 fully saturated rings. The molecule has 0 spiro atoms. The van der Waals surface area contributed by atoms with Crippen LogP contribution in [0.15, 0.2) is 47.1 Å². The van der Waals surface area contributed by atoms with Crippen molar-refractivity contribution in [3.05, 3.63) is 65.4 Å². The largest absolute Gasteiger partial charge is 0.352 e. The number of carbonyl (C=O) groups excluding carboxylic acids is 1. The van der Waals surface area contributed by atoms with Crippen molar-refractivity contribution in [3.8, 4) is 11.5 Å². The van der Waals surface area contributed by atoms with Gasteiger partial charge in [0.05, 0.1) is 6.42 Å². The van der Waals surface area contributed by atoms with Gasteiger partial charge in [-0.25, -0.2) is 0 Å². The number of nitrogens with zero attached hydrogens (tertiary/aromatic N) is 5. The van der Waals surface area contributed by atoms with Crippen LogP contribution >= 0.6 is 0 Å². The average Bonchev–Trinajstić information content (AvgIpc) is 3.32. The van der Waals surface area contributed by atoms with Crippen LogP contribution < -0.4 is 5.32 Å². The van der Waals surface area contributed by atoms with Gasteiger partial charge in [-0.3, -0.25) is 9.20 Å². The molecular formula is C21H20N6O2. The van der Waals surface area contributed by atoms with Gasteiger partial charge in [-0.05, 0) is 37.5 Å². The van der Waals surface area contributed by atoms with E-state index in [-0.39, 0.29) is 12.3 Å². The SMILES string of the molecule is Cc1cccc(CNC(=O)Cc2nnc3cc(-c4nc(C5CC5)no4)ccn23)c1. The highest BCUT2D eigenvalue weighted by atomic mass is 16.5. The Labute approximate surface area is 167 Å². The van der Waals surface area contributed by atoms with Gasteiger partial charge in [0.25, 0.3) is 5.89 Å². The summed E-state index contributed by atoms with van der Waals surface area (Å²) in [4.78, 5) is 16.8. The number of aromatic nitrogens is 5. The molecule has 1 aromatic carbocycles. The van der Waals surface area contributed by atoms with Crippen LogP contribution in [-0.2, 0) is 17.8 Å². The molecule has 1 aliphatic carbocycles. The molecule has 5 rings (SSSR count). The van der Waals surface area contributed by atoms with Crippen LogP contribution in [0.1, 0.15) is 41.5 Å². The van der Waals surface area contributed by atoms with Crippen molar-refractivity contribution in [3.63, 3.8) is 0 Å². The summed E-state index contributed by atoms with van der Waals surface area (Å²) in [5, 5.41) is 15.3. The number of nitrogens with one attached hydrogen (secondary N) is 1. The van der Waals surface area contributed by atoms with Crippen LogP contribution in [0.25, 0.3) is 17.1 Å². The Morgan fingerprint density at radius 2 is 2.14 bits per heavy atom. The molecule has 0 bridgehead atoms. The van der Waals surface area contributed by atoms with Crippen molar-refractivity contribution in [2.24, 2.45) is 0 Å². The third-order valence-corrected chi connectivity index (χ3v) is 5.00. The maximum absolute atomic E-state index is 12.3. The molecule has 1 N–H and O–H groups in total. The number of hydrogen-bond donors (Lipinski definition) is 1. The van der Waals surface area contributed by atoms with E-state index in [1.165, 1.54) is 5.56 Å². The number of fused-ring (bicyclic) bond motifs is 1. The Balaban J connectivity index is 1.28. The summed E-state index contributed by atoms with van der Waals surface area (Å²) >= 11 is 0. The van der Waals surface area contributed by atoms with E-state index in [1.54, 1.807) is 4.40 Å². The van der Waals surface area contributed by atoms with Crippen LogP contribution in [0.2, 0.25) is 0 Å². The maximum atomic E-state index is 12.3. The standard InChI is InChI=1S/C21H20N6O2/c1-13-3-2-4-14(9-13)12-22-19(28)11-18-25-24-17-10-16(7-8-27(17)18)21-23-20(26-29-21)15-5-6-15/h2-4,7-10,15H,5-6,11-12H2,1H3,(H,22,28). The minimum absolute atomic E-state index is 0.101. The van der Waals surface area contributed by atoms with Crippen molar-refractivity contribution in [2.45, 2.75) is 38.6 Å². The lowest BCUT2D eigenvalue weighted by molar-refractivity contribution is -0.120. The van der Waals surface area contributed by atoms with Crippen molar-refractivity contribution < 1.29 is 9.32 Å². The zero-order valence-corrected chi connectivity index (χ0v) is 16.0. The zero-order chi connectivity index (χ0) is 19.8. The van der Waals surface area contributed by atoms with Crippen molar-refractivity contribution >= 4 is 11.6 Å². The monoisotopic (exact) mass is 388 g/mol. The van der Waals surface area contributed by atoms with Crippen LogP contribution in [0, 0.1) is 6.92 Å². The number of benzene rings is 1. The molecule has 0 aliphatic heterocycles. The van der Waals surface area contributed by atoms with Gasteiger partial charge < -0.3 is 9.84 Å². The average molecular weight is 388 g/mol. The maximum Gasteiger partial charge on any atom is 0.258 e. The van der Waals surface area contributed by atoms with Crippen LogP contribution in [0.5, 0.6) is 0 Å². The molecule has 3 aromatic heterocycles. The summed E-state index contributed by atoms with van der Waals surface area (Å²) in [6.45, 7) is 2.52. The summed E-state index contributed by atoms with van der Waals surface area (Å²) in [6, 6.07) is 11.8. The normalized spacial score (nSPS) is 13.7. The molecule has 4 aromatic rings. The summed E-state index contributed by atoms with van der Waals surface area (Å²) in [6.07, 6.45) is 4.22. The molecule has 8 nitrogen and oxygen atoms in total. The molecule has 1 saturated carbocycles. The summed E-state index contributed by atoms with van der Waals surface area (Å²) < 4.78 is 7.17. The molecule has 0 atom stereocenters. The van der Waals surface area contributed by atoms with Crippen LogP contribution in [-0.4, -0.2) is 30.6 Å². The number of pyridine rings is 1. The summed E-state index contributed by atoms with van der Waals surface area (Å²) in [5.41, 5.74) is 3.66. The van der Waals surface area contributed by atoms with Crippen LogP contribution in [0.4, 0.5) is 0 Å². The highest BCUT2D eigenvalue weighted by molar-refractivity contribution is 5.78. The van der Waals surface area contributed by atoms with Gasteiger partial charge in [0, 0.05) is 24.2 Å². The quantitative estimate of drug-likeness (QED) is 0.545. The highest BCUT2D eigenvalue weighted by Gasteiger charge is 2.29. The Morgan fingerprint density at radius 3 is 2.97 bits per heavy atom. The predicted octanol–water partition coefficient (Wildman–Crippen LogP) is 2.82. The van der Waals surface area contributed by atoms with Crippen molar-refractivity contribution in [2.75, 3.05) is 0 Å². The third kappa shape index (κ3) is 3.73. The molecule has 146 valence electrons. The van der Waals surface area contributed by atoms with Crippen molar-refractivity contribution in [1.29, 1.82) is 0 Å². The first-order valence-corrected chi connectivity index (χ1v) is 9.65. The minimum atomic E-state index is -0.101.